The van der Waals surface area contributed by atoms with Crippen molar-refractivity contribution in [2.45, 2.75) is 51.3 Å². The average molecular weight is 418 g/mol. The topological polar surface area (TPSA) is 84.7 Å². The highest BCUT2D eigenvalue weighted by atomic mass is 35.5. The number of carbonyl (C=O) groups is 2. The average Bonchev–Trinajstić information content (AvgIpc) is 2.95. The summed E-state index contributed by atoms with van der Waals surface area (Å²) < 4.78 is 33.6. The predicted molar refractivity (Wildman–Crippen MR) is 103 cm³/mol. The molecule has 2 amide bonds. The first-order chi connectivity index (χ1) is 12.6. The van der Waals surface area contributed by atoms with E-state index in [2.05, 4.69) is 5.32 Å². The number of benzene rings is 1. The molecule has 1 aromatic rings. The summed E-state index contributed by atoms with van der Waals surface area (Å²) in [6, 6.07) is 2.56. The van der Waals surface area contributed by atoms with Crippen LogP contribution in [0.1, 0.15) is 33.6 Å². The van der Waals surface area contributed by atoms with Gasteiger partial charge in [0.05, 0.1) is 6.10 Å². The smallest absolute Gasteiger partial charge is 0.249 e. The van der Waals surface area contributed by atoms with E-state index >= 15 is 0 Å². The van der Waals surface area contributed by atoms with Gasteiger partial charge in [0.25, 0.3) is 0 Å². The quantitative estimate of drug-likeness (QED) is 0.768. The second-order valence-corrected chi connectivity index (χ2v) is 7.72. The first-order valence-electron chi connectivity index (χ1n) is 9.10. The third-order valence-corrected chi connectivity index (χ3v) is 5.95. The first kappa shape index (κ1) is 22.5. The molecular weight excluding hydrogens is 392 g/mol. The number of carbonyl (C=O) groups excluding carboxylic acids is 2. The summed E-state index contributed by atoms with van der Waals surface area (Å²) in [4.78, 5) is 26.4. The number of ether oxygens (including phenoxy) is 1. The Kier molecular flexibility index (Phi) is 6.37. The van der Waals surface area contributed by atoms with Crippen molar-refractivity contribution in [1.82, 2.24) is 5.32 Å². The maximum atomic E-state index is 14.0. The van der Waals surface area contributed by atoms with Gasteiger partial charge in [0.15, 0.2) is 0 Å². The molecule has 3 atom stereocenters. The Morgan fingerprint density at radius 2 is 1.96 bits per heavy atom. The van der Waals surface area contributed by atoms with Crippen molar-refractivity contribution in [3.05, 3.63) is 29.8 Å². The fourth-order valence-electron chi connectivity index (χ4n) is 3.89. The van der Waals surface area contributed by atoms with Crippen LogP contribution in [0.3, 0.4) is 0 Å². The lowest BCUT2D eigenvalue weighted by molar-refractivity contribution is -0.171. The van der Waals surface area contributed by atoms with Gasteiger partial charge in [0.2, 0.25) is 11.8 Å². The Morgan fingerprint density at radius 1 is 1.36 bits per heavy atom. The zero-order valence-electron chi connectivity index (χ0n) is 16.1. The number of hydrogen-bond acceptors (Lipinski definition) is 4. The number of anilines is 1. The Morgan fingerprint density at radius 3 is 2.50 bits per heavy atom. The molecule has 0 radical (unpaired) electrons. The molecule has 6 nitrogen and oxygen atoms in total. The Hall–Kier alpha value is -1.77. The maximum Gasteiger partial charge on any atom is 0.249 e. The minimum absolute atomic E-state index is 0. The molecule has 0 bridgehead atoms. The van der Waals surface area contributed by atoms with Crippen molar-refractivity contribution in [1.29, 1.82) is 0 Å². The van der Waals surface area contributed by atoms with E-state index in [4.69, 9.17) is 10.5 Å². The number of para-hydroxylation sites is 1. The highest BCUT2D eigenvalue weighted by Gasteiger charge is 2.63. The summed E-state index contributed by atoms with van der Waals surface area (Å²) in [6.45, 7) is 6.22. The van der Waals surface area contributed by atoms with Crippen LogP contribution in [0.4, 0.5) is 14.5 Å². The molecule has 2 aliphatic rings. The summed E-state index contributed by atoms with van der Waals surface area (Å²) in [7, 11) is 0. The van der Waals surface area contributed by atoms with Crippen LogP contribution < -0.4 is 16.0 Å². The fourth-order valence-corrected chi connectivity index (χ4v) is 3.89. The van der Waals surface area contributed by atoms with Gasteiger partial charge in [-0.15, -0.1) is 12.4 Å². The molecular formula is C19H26ClF2N3O3. The van der Waals surface area contributed by atoms with Crippen LogP contribution in [0.2, 0.25) is 0 Å². The normalized spacial score (nSPS) is 28.5. The van der Waals surface area contributed by atoms with Gasteiger partial charge < -0.3 is 20.7 Å². The monoisotopic (exact) mass is 417 g/mol. The summed E-state index contributed by atoms with van der Waals surface area (Å²) >= 11 is 0. The molecule has 1 aliphatic heterocycles. The molecule has 28 heavy (non-hydrogen) atoms. The second kappa shape index (κ2) is 7.93. The van der Waals surface area contributed by atoms with Gasteiger partial charge in [0, 0.05) is 25.0 Å². The van der Waals surface area contributed by atoms with E-state index in [1.165, 1.54) is 6.07 Å². The van der Waals surface area contributed by atoms with Gasteiger partial charge in [-0.1, -0.05) is 19.9 Å². The maximum absolute atomic E-state index is 14.0. The summed E-state index contributed by atoms with van der Waals surface area (Å²) in [5.41, 5.74) is 4.18. The zero-order valence-corrected chi connectivity index (χ0v) is 16.9. The molecule has 3 unspecified atom stereocenters. The lowest BCUT2D eigenvalue weighted by Gasteiger charge is -2.57. The van der Waals surface area contributed by atoms with E-state index in [1.807, 2.05) is 20.8 Å². The van der Waals surface area contributed by atoms with Gasteiger partial charge >= 0.3 is 0 Å². The van der Waals surface area contributed by atoms with Crippen molar-refractivity contribution in [3.8, 4) is 0 Å². The van der Waals surface area contributed by atoms with Crippen molar-refractivity contribution >= 4 is 29.9 Å². The number of rotatable bonds is 5. The Bertz CT molecular complexity index is 757. The van der Waals surface area contributed by atoms with Crippen LogP contribution in [0, 0.1) is 17.0 Å². The van der Waals surface area contributed by atoms with Gasteiger partial charge in [-0.2, -0.15) is 0 Å². The van der Waals surface area contributed by atoms with Crippen molar-refractivity contribution in [2.24, 2.45) is 11.1 Å². The Balaban J connectivity index is 0.00000280. The van der Waals surface area contributed by atoms with Crippen LogP contribution in [0.15, 0.2) is 18.2 Å². The molecule has 1 saturated carbocycles. The van der Waals surface area contributed by atoms with Crippen LogP contribution in [-0.4, -0.2) is 42.7 Å². The van der Waals surface area contributed by atoms with Crippen LogP contribution in [0.5, 0.6) is 0 Å². The minimum atomic E-state index is -1.16. The van der Waals surface area contributed by atoms with Crippen molar-refractivity contribution in [2.75, 3.05) is 18.1 Å². The molecule has 0 aromatic heterocycles. The van der Waals surface area contributed by atoms with E-state index in [1.54, 1.807) is 0 Å². The van der Waals surface area contributed by atoms with Gasteiger partial charge in [-0.3, -0.25) is 9.59 Å². The zero-order chi connectivity index (χ0) is 20.0. The number of halogens is 3. The number of nitrogens with two attached hydrogens (primary N) is 1. The van der Waals surface area contributed by atoms with E-state index in [-0.39, 0.29) is 37.2 Å². The lowest BCUT2D eigenvalue weighted by Crippen LogP contribution is -2.76. The molecule has 1 heterocycles. The van der Waals surface area contributed by atoms with E-state index in [9.17, 15) is 18.4 Å². The van der Waals surface area contributed by atoms with Gasteiger partial charge in [-0.25, -0.2) is 8.78 Å². The SMILES string of the molecule is CCOC1CC(N)(C(=O)NC2CCN(c3c(F)cccc3F)C2=O)C1(C)C.Cl. The molecule has 1 aliphatic carbocycles. The van der Waals surface area contributed by atoms with E-state index in [0.717, 1.165) is 17.0 Å². The fraction of sp³-hybridized carbons (Fsp3) is 0.579. The molecule has 156 valence electrons. The minimum Gasteiger partial charge on any atom is -0.378 e. The number of amides is 2. The van der Waals surface area contributed by atoms with Crippen molar-refractivity contribution in [3.63, 3.8) is 0 Å². The van der Waals surface area contributed by atoms with Gasteiger partial charge in [0.1, 0.15) is 28.9 Å². The largest absolute Gasteiger partial charge is 0.378 e. The lowest BCUT2D eigenvalue weighted by atomic mass is 9.54. The van der Waals surface area contributed by atoms with Crippen LogP contribution in [-0.2, 0) is 14.3 Å². The standard InChI is InChI=1S/C19H25F2N3O3.ClH/c1-4-27-14-10-19(22,18(14,2)3)17(26)23-13-8-9-24(16(13)25)15-11(20)6-5-7-12(15)21;/h5-7,13-14H,4,8-10,22H2,1-3H3,(H,23,26);1H. The molecule has 2 fully saturated rings. The number of hydrogen-bond donors (Lipinski definition) is 2. The molecule has 3 rings (SSSR count). The summed E-state index contributed by atoms with van der Waals surface area (Å²) in [6.07, 6.45) is 0.470. The number of nitrogens with zero attached hydrogens (tertiary/aromatic N) is 1. The third-order valence-electron chi connectivity index (χ3n) is 5.95. The second-order valence-electron chi connectivity index (χ2n) is 7.72. The van der Waals surface area contributed by atoms with E-state index in [0.29, 0.717) is 13.0 Å². The molecule has 1 saturated heterocycles. The molecule has 3 N–H and O–H groups in total. The highest BCUT2D eigenvalue weighted by Crippen LogP contribution is 2.50. The molecule has 1 aromatic carbocycles. The van der Waals surface area contributed by atoms with E-state index < -0.39 is 40.4 Å². The van der Waals surface area contributed by atoms with Crippen LogP contribution in [0.25, 0.3) is 0 Å². The Labute approximate surface area is 169 Å². The summed E-state index contributed by atoms with van der Waals surface area (Å²) in [5.74, 6) is -2.62. The third kappa shape index (κ3) is 3.38. The highest BCUT2D eigenvalue weighted by molar-refractivity contribution is 6.02. The molecule has 0 spiro atoms. The van der Waals surface area contributed by atoms with Crippen LogP contribution >= 0.6 is 12.4 Å². The van der Waals surface area contributed by atoms with Gasteiger partial charge in [-0.05, 0) is 25.5 Å². The van der Waals surface area contributed by atoms with Crippen molar-refractivity contribution < 1.29 is 23.1 Å². The summed E-state index contributed by atoms with van der Waals surface area (Å²) in [5, 5.41) is 2.67. The first-order valence-corrected chi connectivity index (χ1v) is 9.10. The molecule has 9 heteroatoms. The predicted octanol–water partition coefficient (Wildman–Crippen LogP) is 2.14. The number of nitrogens with one attached hydrogen (secondary N) is 1.